The molecule has 0 aliphatic carbocycles. The quantitative estimate of drug-likeness (QED) is 0.460. The number of hydrogen-bond donors (Lipinski definition) is 1. The van der Waals surface area contributed by atoms with Crippen LogP contribution in [0.15, 0.2) is 54.6 Å². The average molecular weight is 252 g/mol. The predicted molar refractivity (Wildman–Crippen MR) is 83.5 cm³/mol. The molecule has 1 heteroatoms. The van der Waals surface area contributed by atoms with Crippen LogP contribution in [0, 0.1) is 0 Å². The van der Waals surface area contributed by atoms with Gasteiger partial charge in [-0.1, -0.05) is 49.4 Å². The summed E-state index contributed by atoms with van der Waals surface area (Å²) < 4.78 is 0. The highest BCUT2D eigenvalue weighted by molar-refractivity contribution is 7.80. The molecule has 0 radical (unpaired) electrons. The Hall–Kier alpha value is -1.47. The van der Waals surface area contributed by atoms with E-state index in [1.54, 1.807) is 0 Å². The molecule has 0 bridgehead atoms. The van der Waals surface area contributed by atoms with Gasteiger partial charge in [-0.15, -0.1) is 0 Å². The maximum atomic E-state index is 4.69. The molecular formula is C17H16S. The molecule has 0 aromatic heterocycles. The minimum Gasteiger partial charge on any atom is -0.171 e. The third kappa shape index (κ3) is 1.89. The van der Waals surface area contributed by atoms with E-state index in [2.05, 4.69) is 74.1 Å². The van der Waals surface area contributed by atoms with Crippen molar-refractivity contribution in [3.05, 3.63) is 60.2 Å². The van der Waals surface area contributed by atoms with Crippen LogP contribution in [-0.4, -0.2) is 0 Å². The Kier molecular flexibility index (Phi) is 3.00. The van der Waals surface area contributed by atoms with Gasteiger partial charge in [0.05, 0.1) is 0 Å². The second-order valence-electron chi connectivity index (χ2n) is 4.69. The molecule has 1 unspecified atom stereocenters. The van der Waals surface area contributed by atoms with Crippen molar-refractivity contribution in [1.82, 2.24) is 0 Å². The Morgan fingerprint density at radius 2 is 1.56 bits per heavy atom. The van der Waals surface area contributed by atoms with Gasteiger partial charge in [0.25, 0.3) is 0 Å². The monoisotopic (exact) mass is 252 g/mol. The minimum absolute atomic E-state index is 0.315. The molecule has 90 valence electrons. The largest absolute Gasteiger partial charge is 0.171 e. The SMILES string of the molecule is CCC(S)c1cccc2cc3ccccc3cc12. The van der Waals surface area contributed by atoms with Gasteiger partial charge in [-0.3, -0.25) is 0 Å². The van der Waals surface area contributed by atoms with Crippen LogP contribution in [0.2, 0.25) is 0 Å². The summed E-state index contributed by atoms with van der Waals surface area (Å²) in [7, 11) is 0. The molecule has 3 aromatic rings. The van der Waals surface area contributed by atoms with Gasteiger partial charge in [0, 0.05) is 5.25 Å². The lowest BCUT2D eigenvalue weighted by Gasteiger charge is -2.12. The summed E-state index contributed by atoms with van der Waals surface area (Å²) in [6.07, 6.45) is 1.05. The van der Waals surface area contributed by atoms with Crippen LogP contribution in [0.5, 0.6) is 0 Å². The smallest absolute Gasteiger partial charge is 0.0270 e. The van der Waals surface area contributed by atoms with Crippen molar-refractivity contribution < 1.29 is 0 Å². The van der Waals surface area contributed by atoms with Crippen molar-refractivity contribution in [2.24, 2.45) is 0 Å². The van der Waals surface area contributed by atoms with E-state index in [1.165, 1.54) is 27.1 Å². The summed E-state index contributed by atoms with van der Waals surface area (Å²) >= 11 is 4.69. The third-order valence-electron chi connectivity index (χ3n) is 3.53. The van der Waals surface area contributed by atoms with Crippen LogP contribution in [0.3, 0.4) is 0 Å². The van der Waals surface area contributed by atoms with E-state index in [0.717, 1.165) is 6.42 Å². The summed E-state index contributed by atoms with van der Waals surface area (Å²) in [5, 5.41) is 5.55. The van der Waals surface area contributed by atoms with Crippen molar-refractivity contribution in [3.8, 4) is 0 Å². The average Bonchev–Trinajstić information content (AvgIpc) is 2.43. The molecule has 0 amide bonds. The van der Waals surface area contributed by atoms with Crippen molar-refractivity contribution >= 4 is 34.2 Å². The van der Waals surface area contributed by atoms with Gasteiger partial charge < -0.3 is 0 Å². The number of thiol groups is 1. The van der Waals surface area contributed by atoms with E-state index < -0.39 is 0 Å². The fourth-order valence-corrected chi connectivity index (χ4v) is 2.73. The molecule has 1 atom stereocenters. The van der Waals surface area contributed by atoms with E-state index in [9.17, 15) is 0 Å². The van der Waals surface area contributed by atoms with Crippen molar-refractivity contribution in [1.29, 1.82) is 0 Å². The molecule has 0 spiro atoms. The van der Waals surface area contributed by atoms with Gasteiger partial charge in [0.1, 0.15) is 0 Å². The lowest BCUT2D eigenvalue weighted by molar-refractivity contribution is 0.910. The highest BCUT2D eigenvalue weighted by Crippen LogP contribution is 2.32. The first kappa shape index (κ1) is 11.6. The lowest BCUT2D eigenvalue weighted by Crippen LogP contribution is -1.90. The maximum Gasteiger partial charge on any atom is 0.0270 e. The van der Waals surface area contributed by atoms with E-state index in [4.69, 9.17) is 0 Å². The zero-order valence-corrected chi connectivity index (χ0v) is 11.3. The lowest BCUT2D eigenvalue weighted by atomic mass is 9.97. The second-order valence-corrected chi connectivity index (χ2v) is 5.32. The van der Waals surface area contributed by atoms with E-state index in [1.807, 2.05) is 0 Å². The Morgan fingerprint density at radius 1 is 0.889 bits per heavy atom. The summed E-state index contributed by atoms with van der Waals surface area (Å²) in [5.74, 6) is 0. The normalized spacial score (nSPS) is 13.0. The third-order valence-corrected chi connectivity index (χ3v) is 4.17. The fourth-order valence-electron chi connectivity index (χ4n) is 2.50. The topological polar surface area (TPSA) is 0 Å². The Balaban J connectivity index is 2.36. The molecule has 0 saturated heterocycles. The van der Waals surface area contributed by atoms with Crippen LogP contribution in [0.4, 0.5) is 0 Å². The number of fused-ring (bicyclic) bond motifs is 2. The molecule has 0 aliphatic heterocycles. The van der Waals surface area contributed by atoms with Gasteiger partial charge >= 0.3 is 0 Å². The van der Waals surface area contributed by atoms with Crippen LogP contribution >= 0.6 is 12.6 Å². The fraction of sp³-hybridized carbons (Fsp3) is 0.176. The second kappa shape index (κ2) is 4.66. The van der Waals surface area contributed by atoms with Crippen LogP contribution < -0.4 is 0 Å². The first-order valence-corrected chi connectivity index (χ1v) is 6.90. The molecule has 3 aromatic carbocycles. The van der Waals surface area contributed by atoms with Crippen molar-refractivity contribution in [2.45, 2.75) is 18.6 Å². The van der Waals surface area contributed by atoms with Gasteiger partial charge in [-0.2, -0.15) is 12.6 Å². The molecule has 0 heterocycles. The Morgan fingerprint density at radius 3 is 2.28 bits per heavy atom. The summed E-state index contributed by atoms with van der Waals surface area (Å²) in [5.41, 5.74) is 1.34. The van der Waals surface area contributed by atoms with Gasteiger partial charge in [-0.25, -0.2) is 0 Å². The van der Waals surface area contributed by atoms with E-state index in [0.29, 0.717) is 5.25 Å². The van der Waals surface area contributed by atoms with E-state index in [-0.39, 0.29) is 0 Å². The van der Waals surface area contributed by atoms with E-state index >= 15 is 0 Å². The Bertz CT molecular complexity index is 700. The number of hydrogen-bond acceptors (Lipinski definition) is 1. The standard InChI is InChI=1S/C17H16S/c1-2-17(18)15-9-5-8-14-10-12-6-3-4-7-13(12)11-16(14)15/h3-11,17-18H,2H2,1H3. The number of benzene rings is 3. The predicted octanol–water partition coefficient (Wildman–Crippen LogP) is 5.37. The van der Waals surface area contributed by atoms with Gasteiger partial charge in [-0.05, 0) is 45.7 Å². The zero-order chi connectivity index (χ0) is 12.5. The summed E-state index contributed by atoms with van der Waals surface area (Å²) in [6.45, 7) is 2.18. The van der Waals surface area contributed by atoms with Crippen molar-refractivity contribution in [3.63, 3.8) is 0 Å². The zero-order valence-electron chi connectivity index (χ0n) is 10.4. The molecule has 0 aliphatic rings. The summed E-state index contributed by atoms with van der Waals surface area (Å²) in [4.78, 5) is 0. The molecule has 18 heavy (non-hydrogen) atoms. The summed E-state index contributed by atoms with van der Waals surface area (Å²) in [6, 6.07) is 19.6. The van der Waals surface area contributed by atoms with Gasteiger partial charge in [0.15, 0.2) is 0 Å². The molecule has 0 fully saturated rings. The molecule has 0 N–H and O–H groups in total. The van der Waals surface area contributed by atoms with Crippen LogP contribution in [-0.2, 0) is 0 Å². The number of rotatable bonds is 2. The van der Waals surface area contributed by atoms with Crippen LogP contribution in [0.1, 0.15) is 24.2 Å². The molecule has 3 rings (SSSR count). The molecule has 0 saturated carbocycles. The Labute approximate surface area is 113 Å². The first-order valence-electron chi connectivity index (χ1n) is 6.39. The van der Waals surface area contributed by atoms with Crippen LogP contribution in [0.25, 0.3) is 21.5 Å². The molecule has 0 nitrogen and oxygen atoms in total. The maximum absolute atomic E-state index is 4.69. The molecular weight excluding hydrogens is 236 g/mol. The van der Waals surface area contributed by atoms with Crippen molar-refractivity contribution in [2.75, 3.05) is 0 Å². The van der Waals surface area contributed by atoms with Gasteiger partial charge in [0.2, 0.25) is 0 Å². The highest BCUT2D eigenvalue weighted by Gasteiger charge is 2.08. The first-order chi connectivity index (χ1) is 8.79. The minimum atomic E-state index is 0.315. The highest BCUT2D eigenvalue weighted by atomic mass is 32.1.